The molecule has 0 fully saturated rings. The van der Waals surface area contributed by atoms with Crippen LogP contribution in [0.5, 0.6) is 0 Å². The summed E-state index contributed by atoms with van der Waals surface area (Å²) in [6, 6.07) is 16.9. The molecule has 0 radical (unpaired) electrons. The van der Waals surface area contributed by atoms with Crippen LogP contribution in [0.3, 0.4) is 0 Å². The van der Waals surface area contributed by atoms with E-state index in [1.54, 1.807) is 19.1 Å². The molecule has 1 N–H and O–H groups in total. The molecule has 0 atom stereocenters. The summed E-state index contributed by atoms with van der Waals surface area (Å²) in [6.45, 7) is 17.5. The van der Waals surface area contributed by atoms with Crippen molar-refractivity contribution >= 4 is 17.5 Å². The van der Waals surface area contributed by atoms with Gasteiger partial charge in [0.05, 0.1) is 0 Å². The summed E-state index contributed by atoms with van der Waals surface area (Å²) < 4.78 is 0. The molecule has 2 aromatic rings. The summed E-state index contributed by atoms with van der Waals surface area (Å²) in [5, 5.41) is 2.88. The Balaban J connectivity index is 0.000000337. The standard InChI is InChI=1S/C16H18N2O.C12H14O.C2H6/c1-4-11(2)14-10-15(17-12(14)3)18-16(19)13-8-6-5-7-9-13;1-9(2)7-11-5-4-6-12(8-11)10(3)13;1-2/h4-9H,10H2,1-3H3,(H,17,18,19);4-6,8H,1,7H2,2-3H3;1-2H3/b11-4+;;. The highest BCUT2D eigenvalue weighted by Crippen LogP contribution is 2.25. The predicted molar refractivity (Wildman–Crippen MR) is 144 cm³/mol. The Morgan fingerprint density at radius 2 is 1.62 bits per heavy atom. The van der Waals surface area contributed by atoms with Crippen molar-refractivity contribution in [1.82, 2.24) is 5.32 Å². The Labute approximate surface area is 205 Å². The van der Waals surface area contributed by atoms with E-state index in [-0.39, 0.29) is 11.7 Å². The van der Waals surface area contributed by atoms with Gasteiger partial charge in [-0.1, -0.05) is 68.5 Å². The monoisotopic (exact) mass is 458 g/mol. The first kappa shape index (κ1) is 28.5. The number of benzene rings is 2. The topological polar surface area (TPSA) is 58.5 Å². The SMILES string of the molecule is C/C=C(\C)C1=C(C)N=C(NC(=O)c2ccccc2)C1.C=C(C)Cc1cccc(C(C)=O)c1.CC. The Bertz CT molecular complexity index is 1090. The second-order valence-corrected chi connectivity index (χ2v) is 7.98. The van der Waals surface area contributed by atoms with Gasteiger partial charge in [-0.15, -0.1) is 0 Å². The van der Waals surface area contributed by atoms with Crippen molar-refractivity contribution in [1.29, 1.82) is 0 Å². The van der Waals surface area contributed by atoms with Crippen LogP contribution in [0.25, 0.3) is 0 Å². The van der Waals surface area contributed by atoms with Crippen LogP contribution in [-0.4, -0.2) is 17.5 Å². The van der Waals surface area contributed by atoms with Crippen molar-refractivity contribution in [3.63, 3.8) is 0 Å². The summed E-state index contributed by atoms with van der Waals surface area (Å²) >= 11 is 0. The molecule has 1 aliphatic rings. The van der Waals surface area contributed by atoms with Crippen LogP contribution >= 0.6 is 0 Å². The highest BCUT2D eigenvalue weighted by molar-refractivity contribution is 6.08. The van der Waals surface area contributed by atoms with Gasteiger partial charge in [-0.05, 0) is 75.9 Å². The molecule has 2 aromatic carbocycles. The molecule has 0 aromatic heterocycles. The van der Waals surface area contributed by atoms with Gasteiger partial charge in [0.1, 0.15) is 5.84 Å². The Morgan fingerprint density at radius 3 is 2.18 bits per heavy atom. The molecule has 0 bridgehead atoms. The highest BCUT2D eigenvalue weighted by atomic mass is 16.1. The van der Waals surface area contributed by atoms with E-state index in [0.29, 0.717) is 12.0 Å². The first-order chi connectivity index (χ1) is 16.2. The molecule has 34 heavy (non-hydrogen) atoms. The average Bonchev–Trinajstić information content (AvgIpc) is 3.20. The molecule has 0 spiro atoms. The molecule has 4 heteroatoms. The van der Waals surface area contributed by atoms with E-state index in [0.717, 1.165) is 34.7 Å². The van der Waals surface area contributed by atoms with Crippen LogP contribution in [0.15, 0.2) is 94.7 Å². The van der Waals surface area contributed by atoms with Crippen LogP contribution in [0.1, 0.15) is 81.2 Å². The maximum atomic E-state index is 12.0. The van der Waals surface area contributed by atoms with Crippen LogP contribution in [0.2, 0.25) is 0 Å². The Kier molecular flexibility index (Phi) is 12.2. The number of allylic oxidation sites excluding steroid dienone is 4. The maximum Gasteiger partial charge on any atom is 0.256 e. The molecular formula is C30H38N2O2. The van der Waals surface area contributed by atoms with Crippen LogP contribution < -0.4 is 5.32 Å². The minimum Gasteiger partial charge on any atom is -0.310 e. The molecule has 3 rings (SSSR count). The fourth-order valence-electron chi connectivity index (χ4n) is 3.32. The molecule has 4 nitrogen and oxygen atoms in total. The smallest absolute Gasteiger partial charge is 0.256 e. The van der Waals surface area contributed by atoms with E-state index in [9.17, 15) is 9.59 Å². The van der Waals surface area contributed by atoms with E-state index >= 15 is 0 Å². The lowest BCUT2D eigenvalue weighted by Crippen LogP contribution is -2.29. The van der Waals surface area contributed by atoms with Crippen molar-refractivity contribution in [3.8, 4) is 0 Å². The maximum absolute atomic E-state index is 12.0. The average molecular weight is 459 g/mol. The first-order valence-corrected chi connectivity index (χ1v) is 11.7. The van der Waals surface area contributed by atoms with Gasteiger partial charge in [0.25, 0.3) is 5.91 Å². The summed E-state index contributed by atoms with van der Waals surface area (Å²) in [7, 11) is 0. The third-order valence-electron chi connectivity index (χ3n) is 5.13. The normalized spacial score (nSPS) is 12.6. The Hall–Kier alpha value is -3.53. The van der Waals surface area contributed by atoms with E-state index in [4.69, 9.17) is 0 Å². The zero-order valence-electron chi connectivity index (χ0n) is 21.7. The largest absolute Gasteiger partial charge is 0.310 e. The van der Waals surface area contributed by atoms with Gasteiger partial charge in [-0.25, -0.2) is 4.99 Å². The molecule has 180 valence electrons. The summed E-state index contributed by atoms with van der Waals surface area (Å²) in [5.74, 6) is 0.734. The van der Waals surface area contributed by atoms with E-state index < -0.39 is 0 Å². The molecule has 1 aliphatic heterocycles. The number of amides is 1. The molecule has 0 aliphatic carbocycles. The fourth-order valence-corrected chi connectivity index (χ4v) is 3.32. The zero-order valence-corrected chi connectivity index (χ0v) is 21.7. The van der Waals surface area contributed by atoms with E-state index in [2.05, 4.69) is 29.9 Å². The number of rotatable bonds is 5. The van der Waals surface area contributed by atoms with Crippen molar-refractivity contribution in [3.05, 3.63) is 106 Å². The van der Waals surface area contributed by atoms with Crippen molar-refractivity contribution < 1.29 is 9.59 Å². The molecule has 1 amide bonds. The second-order valence-electron chi connectivity index (χ2n) is 7.98. The molecule has 0 saturated heterocycles. The highest BCUT2D eigenvalue weighted by Gasteiger charge is 2.18. The minimum atomic E-state index is -0.105. The molecule has 0 unspecified atom stereocenters. The number of nitrogens with one attached hydrogen (secondary N) is 1. The van der Waals surface area contributed by atoms with Gasteiger partial charge in [0.15, 0.2) is 5.78 Å². The summed E-state index contributed by atoms with van der Waals surface area (Å²) in [6.07, 6.45) is 3.61. The zero-order chi connectivity index (χ0) is 25.7. The molecule has 0 saturated carbocycles. The lowest BCUT2D eigenvalue weighted by molar-refractivity contribution is 0.0975. The van der Waals surface area contributed by atoms with Gasteiger partial charge in [-0.2, -0.15) is 0 Å². The lowest BCUT2D eigenvalue weighted by atomic mass is 10.0. The summed E-state index contributed by atoms with van der Waals surface area (Å²) in [5.41, 5.74) is 7.09. The van der Waals surface area contributed by atoms with Gasteiger partial charge in [0.2, 0.25) is 0 Å². The lowest BCUT2D eigenvalue weighted by Gasteiger charge is -2.06. The minimum absolute atomic E-state index is 0.105. The van der Waals surface area contributed by atoms with Crippen LogP contribution in [0.4, 0.5) is 0 Å². The first-order valence-electron chi connectivity index (χ1n) is 11.7. The number of aliphatic imine (C=N–C) groups is 1. The Morgan fingerprint density at radius 1 is 1.00 bits per heavy atom. The predicted octanol–water partition coefficient (Wildman–Crippen LogP) is 7.49. The van der Waals surface area contributed by atoms with Crippen molar-refractivity contribution in [2.45, 2.75) is 61.3 Å². The van der Waals surface area contributed by atoms with Crippen LogP contribution in [-0.2, 0) is 6.42 Å². The van der Waals surface area contributed by atoms with Gasteiger partial charge < -0.3 is 5.32 Å². The molecule has 1 heterocycles. The number of hydrogen-bond acceptors (Lipinski definition) is 3. The van der Waals surface area contributed by atoms with Gasteiger partial charge in [-0.3, -0.25) is 9.59 Å². The number of nitrogens with zero attached hydrogens (tertiary/aromatic N) is 1. The van der Waals surface area contributed by atoms with Crippen molar-refractivity contribution in [2.75, 3.05) is 0 Å². The van der Waals surface area contributed by atoms with Gasteiger partial charge in [0, 0.05) is 23.2 Å². The number of carbonyl (C=O) groups excluding carboxylic acids is 2. The number of hydrogen-bond donors (Lipinski definition) is 1. The van der Waals surface area contributed by atoms with Gasteiger partial charge >= 0.3 is 0 Å². The summed E-state index contributed by atoms with van der Waals surface area (Å²) in [4.78, 5) is 27.5. The van der Waals surface area contributed by atoms with Crippen molar-refractivity contribution in [2.24, 2.45) is 4.99 Å². The second kappa shape index (κ2) is 14.6. The third kappa shape index (κ3) is 9.14. The molecular weight excluding hydrogens is 420 g/mol. The third-order valence-corrected chi connectivity index (χ3v) is 5.13. The fraction of sp³-hybridized carbons (Fsp3) is 0.300. The number of Topliss-reactive ketones (excluding diaryl/α,β-unsaturated/α-hetero) is 1. The van der Waals surface area contributed by atoms with Crippen LogP contribution in [0, 0.1) is 0 Å². The van der Waals surface area contributed by atoms with E-state index in [1.807, 2.05) is 77.1 Å². The number of ketones is 1. The quantitative estimate of drug-likeness (QED) is 0.373. The van der Waals surface area contributed by atoms with E-state index in [1.165, 1.54) is 11.1 Å². The number of carbonyl (C=O) groups is 2. The number of amidine groups is 1.